The van der Waals surface area contributed by atoms with Gasteiger partial charge in [0, 0.05) is 50.1 Å². The molecule has 1 spiro atoms. The molecule has 0 N–H and O–H groups in total. The quantitative estimate of drug-likeness (QED) is 0.416. The highest BCUT2D eigenvalue weighted by atomic mass is 32.1. The van der Waals surface area contributed by atoms with Crippen LogP contribution in [0.4, 0.5) is 0 Å². The summed E-state index contributed by atoms with van der Waals surface area (Å²) in [6.07, 6.45) is 10.3. The van der Waals surface area contributed by atoms with E-state index in [-0.39, 0.29) is 34.6 Å². The molecule has 0 aromatic carbocycles. The Morgan fingerprint density at radius 1 is 1.18 bits per heavy atom. The Morgan fingerprint density at radius 3 is 2.62 bits per heavy atom. The highest BCUT2D eigenvalue weighted by Crippen LogP contribution is 2.55. The number of hydrogen-bond acceptors (Lipinski definition) is 8. The molecule has 4 fully saturated rings. The second-order valence-corrected chi connectivity index (χ2v) is 14.1. The number of aromatic nitrogens is 5. The van der Waals surface area contributed by atoms with Crippen LogP contribution in [0.2, 0.25) is 0 Å². The molecule has 10 nitrogen and oxygen atoms in total. The summed E-state index contributed by atoms with van der Waals surface area (Å²) in [6.45, 7) is 8.76. The van der Waals surface area contributed by atoms with Crippen molar-refractivity contribution in [1.82, 2.24) is 34.7 Å². The van der Waals surface area contributed by atoms with Crippen LogP contribution in [0.1, 0.15) is 104 Å². The highest BCUT2D eigenvalue weighted by Gasteiger charge is 2.59. The number of likely N-dealkylation sites (tertiary alicyclic amines) is 2. The fourth-order valence-electron chi connectivity index (χ4n) is 7.11. The van der Waals surface area contributed by atoms with Crippen molar-refractivity contribution in [2.24, 2.45) is 16.7 Å². The highest BCUT2D eigenvalue weighted by molar-refractivity contribution is 7.11. The van der Waals surface area contributed by atoms with E-state index in [0.717, 1.165) is 12.1 Å². The van der Waals surface area contributed by atoms with Crippen molar-refractivity contribution in [1.29, 1.82) is 0 Å². The summed E-state index contributed by atoms with van der Waals surface area (Å²) in [4.78, 5) is 39.8. The van der Waals surface area contributed by atoms with Crippen molar-refractivity contribution >= 4 is 23.2 Å². The topological polar surface area (TPSA) is 110 Å². The van der Waals surface area contributed by atoms with E-state index in [4.69, 9.17) is 14.6 Å². The molecule has 3 atom stereocenters. The Morgan fingerprint density at radius 2 is 1.93 bits per heavy atom. The third-order valence-corrected chi connectivity index (χ3v) is 10.8. The van der Waals surface area contributed by atoms with E-state index in [2.05, 4.69) is 30.1 Å². The number of hydrogen-bond donors (Lipinski definition) is 0. The predicted molar refractivity (Wildman–Crippen MR) is 148 cm³/mol. The summed E-state index contributed by atoms with van der Waals surface area (Å²) in [5.74, 6) is 2.22. The molecular formula is C29H37N7O3S. The molecular weight excluding hydrogens is 526 g/mol. The number of carbonyl (C=O) groups is 2. The maximum atomic E-state index is 13.3. The molecule has 2 saturated heterocycles. The first-order valence-corrected chi connectivity index (χ1v) is 15.4. The Kier molecular flexibility index (Phi) is 6.14. The minimum atomic E-state index is -0.277. The van der Waals surface area contributed by atoms with Gasteiger partial charge in [0.1, 0.15) is 10.9 Å². The second-order valence-electron chi connectivity index (χ2n) is 13.2. The molecule has 2 aliphatic carbocycles. The first kappa shape index (κ1) is 25.9. The van der Waals surface area contributed by atoms with Crippen molar-refractivity contribution in [3.05, 3.63) is 46.3 Å². The molecule has 5 heterocycles. The molecule has 212 valence electrons. The van der Waals surface area contributed by atoms with E-state index in [1.165, 1.54) is 37.0 Å². The van der Waals surface area contributed by atoms with E-state index in [1.807, 2.05) is 27.6 Å². The van der Waals surface area contributed by atoms with Crippen molar-refractivity contribution in [3.8, 4) is 0 Å². The Balaban J connectivity index is 1.10. The summed E-state index contributed by atoms with van der Waals surface area (Å²) >= 11 is 1.35. The van der Waals surface area contributed by atoms with Gasteiger partial charge in [0.05, 0.1) is 23.3 Å². The van der Waals surface area contributed by atoms with Gasteiger partial charge >= 0.3 is 0 Å². The van der Waals surface area contributed by atoms with Gasteiger partial charge in [-0.15, -0.1) is 11.3 Å². The first-order chi connectivity index (χ1) is 19.2. The zero-order chi connectivity index (χ0) is 27.6. The lowest BCUT2D eigenvalue weighted by Gasteiger charge is -2.50. The van der Waals surface area contributed by atoms with Gasteiger partial charge in [-0.25, -0.2) is 0 Å². The van der Waals surface area contributed by atoms with Crippen molar-refractivity contribution in [2.75, 3.05) is 26.2 Å². The van der Waals surface area contributed by atoms with Crippen LogP contribution in [0.5, 0.6) is 0 Å². The van der Waals surface area contributed by atoms with Crippen LogP contribution < -0.4 is 0 Å². The third kappa shape index (κ3) is 4.46. The van der Waals surface area contributed by atoms with Crippen LogP contribution in [0.15, 0.2) is 28.5 Å². The average molecular weight is 564 g/mol. The SMILES string of the molecule is CC(c1nc(C2CN(C(=O)c3cncs3)CC23CN(C(=O)C[C@H]2CC2(C)C)C3)no1)n1ccc(C2CCCC2)n1. The summed E-state index contributed by atoms with van der Waals surface area (Å²) in [6, 6.07) is 1.92. The van der Waals surface area contributed by atoms with Gasteiger partial charge in [-0.05, 0) is 43.6 Å². The fraction of sp³-hybridized carbons (Fsp3) is 0.655. The summed E-state index contributed by atoms with van der Waals surface area (Å²) in [5, 5.41) is 9.28. The summed E-state index contributed by atoms with van der Waals surface area (Å²) in [5.41, 5.74) is 2.82. The van der Waals surface area contributed by atoms with E-state index in [1.54, 1.807) is 11.7 Å². The molecule has 2 saturated carbocycles. The van der Waals surface area contributed by atoms with Gasteiger partial charge in [0.15, 0.2) is 5.82 Å². The largest absolute Gasteiger partial charge is 0.341 e. The zero-order valence-corrected chi connectivity index (χ0v) is 24.3. The molecule has 2 unspecified atom stereocenters. The maximum Gasteiger partial charge on any atom is 0.265 e. The molecule has 0 bridgehead atoms. The van der Waals surface area contributed by atoms with Crippen LogP contribution in [0.3, 0.4) is 0 Å². The minimum Gasteiger partial charge on any atom is -0.341 e. The smallest absolute Gasteiger partial charge is 0.265 e. The van der Waals surface area contributed by atoms with Crippen LogP contribution in [-0.4, -0.2) is 72.7 Å². The Hall–Kier alpha value is -3.08. The van der Waals surface area contributed by atoms with Crippen LogP contribution in [0, 0.1) is 16.7 Å². The van der Waals surface area contributed by atoms with Gasteiger partial charge < -0.3 is 14.3 Å². The lowest BCUT2D eigenvalue weighted by atomic mass is 9.71. The van der Waals surface area contributed by atoms with Crippen molar-refractivity contribution in [3.63, 3.8) is 0 Å². The molecule has 2 amide bonds. The molecule has 0 radical (unpaired) electrons. The van der Waals surface area contributed by atoms with Crippen LogP contribution in [0.25, 0.3) is 0 Å². The van der Waals surface area contributed by atoms with Gasteiger partial charge in [-0.2, -0.15) is 10.1 Å². The van der Waals surface area contributed by atoms with E-state index >= 15 is 0 Å². The lowest BCUT2D eigenvalue weighted by molar-refractivity contribution is -0.144. The Labute approximate surface area is 238 Å². The van der Waals surface area contributed by atoms with Gasteiger partial charge in [0.2, 0.25) is 5.91 Å². The molecule has 2 aliphatic heterocycles. The average Bonchev–Trinajstić information content (AvgIpc) is 3.66. The van der Waals surface area contributed by atoms with E-state index in [9.17, 15) is 9.59 Å². The van der Waals surface area contributed by atoms with Gasteiger partial charge in [0.25, 0.3) is 11.8 Å². The lowest BCUT2D eigenvalue weighted by Crippen LogP contribution is -2.61. The molecule has 4 aliphatic rings. The third-order valence-electron chi connectivity index (χ3n) is 10.0. The minimum absolute atomic E-state index is 0.0260. The normalized spacial score (nSPS) is 25.9. The van der Waals surface area contributed by atoms with Gasteiger partial charge in [-0.1, -0.05) is 31.8 Å². The summed E-state index contributed by atoms with van der Waals surface area (Å²) in [7, 11) is 0. The van der Waals surface area contributed by atoms with Crippen molar-refractivity contribution in [2.45, 2.75) is 77.2 Å². The Bertz CT molecular complexity index is 1400. The number of amides is 2. The molecule has 3 aromatic rings. The number of carbonyl (C=O) groups excluding carboxylic acids is 2. The first-order valence-electron chi connectivity index (χ1n) is 14.6. The number of rotatable bonds is 7. The maximum absolute atomic E-state index is 13.3. The number of nitrogens with zero attached hydrogens (tertiary/aromatic N) is 7. The molecule has 3 aromatic heterocycles. The van der Waals surface area contributed by atoms with Crippen molar-refractivity contribution < 1.29 is 14.1 Å². The van der Waals surface area contributed by atoms with Crippen LogP contribution >= 0.6 is 11.3 Å². The predicted octanol–water partition coefficient (Wildman–Crippen LogP) is 4.49. The van der Waals surface area contributed by atoms with E-state index in [0.29, 0.717) is 61.0 Å². The zero-order valence-electron chi connectivity index (χ0n) is 23.5. The summed E-state index contributed by atoms with van der Waals surface area (Å²) < 4.78 is 7.72. The monoisotopic (exact) mass is 563 g/mol. The van der Waals surface area contributed by atoms with Crippen LogP contribution in [-0.2, 0) is 4.79 Å². The standard InChI is InChI=1S/C29H37N7O3S/c1-18(36-9-8-22(32-36)19-6-4-5-7-19)26-31-25(33-39-26)21-13-34(27(38)23-12-30-17-40-23)14-29(21)15-35(16-29)24(37)10-20-11-28(20,2)3/h8-9,12,17-21H,4-7,10-11,13-16H2,1-3H3/t18?,20-,21?/m0/s1. The molecule has 11 heteroatoms. The van der Waals surface area contributed by atoms with E-state index < -0.39 is 0 Å². The van der Waals surface area contributed by atoms with Gasteiger partial charge in [-0.3, -0.25) is 19.3 Å². The second kappa shape index (κ2) is 9.49. The molecule has 40 heavy (non-hydrogen) atoms. The molecule has 7 rings (SSSR count). The fourth-order valence-corrected chi connectivity index (χ4v) is 7.70. The number of thiazole rings is 1.